The topological polar surface area (TPSA) is 88.9 Å². The van der Waals surface area contributed by atoms with Gasteiger partial charge in [0.1, 0.15) is 0 Å². The lowest BCUT2D eigenvalue weighted by atomic mass is 10.1. The molecule has 33 heavy (non-hydrogen) atoms. The summed E-state index contributed by atoms with van der Waals surface area (Å²) < 4.78 is 1.70. The number of anilines is 1. The van der Waals surface area contributed by atoms with E-state index in [9.17, 15) is 9.59 Å². The first kappa shape index (κ1) is 21.3. The second-order valence-corrected chi connectivity index (χ2v) is 9.37. The number of aryl methyl sites for hydroxylation is 2. The molecule has 0 saturated heterocycles. The van der Waals surface area contributed by atoms with Crippen LogP contribution in [0.2, 0.25) is 0 Å². The SMILES string of the molecule is Cc1nn(C)c2nc(-c3cccs3)cc(C(=O)Nc3ccc(C(=O)NC4CCCC4)cc3)c12. The van der Waals surface area contributed by atoms with Crippen LogP contribution in [-0.2, 0) is 7.05 Å². The van der Waals surface area contributed by atoms with Crippen LogP contribution in [0, 0.1) is 6.92 Å². The van der Waals surface area contributed by atoms with Crippen molar-refractivity contribution in [2.75, 3.05) is 5.32 Å². The molecule has 0 bridgehead atoms. The zero-order valence-corrected chi connectivity index (χ0v) is 19.4. The summed E-state index contributed by atoms with van der Waals surface area (Å²) >= 11 is 1.58. The van der Waals surface area contributed by atoms with E-state index in [1.54, 1.807) is 40.3 Å². The van der Waals surface area contributed by atoms with Gasteiger partial charge >= 0.3 is 0 Å². The Balaban J connectivity index is 1.40. The molecule has 4 aromatic rings. The predicted molar refractivity (Wildman–Crippen MR) is 131 cm³/mol. The number of benzene rings is 1. The van der Waals surface area contributed by atoms with Crippen molar-refractivity contribution in [3.8, 4) is 10.6 Å². The molecule has 0 unspecified atom stereocenters. The van der Waals surface area contributed by atoms with Gasteiger partial charge in [0.05, 0.1) is 27.2 Å². The summed E-state index contributed by atoms with van der Waals surface area (Å²) in [5.74, 6) is -0.304. The van der Waals surface area contributed by atoms with Gasteiger partial charge in [0.25, 0.3) is 11.8 Å². The minimum atomic E-state index is -0.237. The van der Waals surface area contributed by atoms with E-state index in [2.05, 4.69) is 15.7 Å². The first-order chi connectivity index (χ1) is 16.0. The molecule has 0 aliphatic heterocycles. The highest BCUT2D eigenvalue weighted by atomic mass is 32.1. The summed E-state index contributed by atoms with van der Waals surface area (Å²) in [5.41, 5.74) is 3.90. The van der Waals surface area contributed by atoms with E-state index >= 15 is 0 Å². The molecule has 168 valence electrons. The fourth-order valence-electron chi connectivity index (χ4n) is 4.42. The molecule has 1 aliphatic rings. The van der Waals surface area contributed by atoms with Crippen LogP contribution in [0.3, 0.4) is 0 Å². The number of fused-ring (bicyclic) bond motifs is 1. The third kappa shape index (κ3) is 4.26. The molecule has 8 heteroatoms. The second kappa shape index (κ2) is 8.78. The molecule has 3 heterocycles. The maximum atomic E-state index is 13.3. The number of aromatic nitrogens is 3. The van der Waals surface area contributed by atoms with Crippen molar-refractivity contribution in [2.24, 2.45) is 7.05 Å². The van der Waals surface area contributed by atoms with E-state index in [1.165, 1.54) is 12.8 Å². The highest BCUT2D eigenvalue weighted by Gasteiger charge is 2.21. The Hall–Kier alpha value is -3.52. The normalized spacial score (nSPS) is 14.0. The van der Waals surface area contributed by atoms with Crippen LogP contribution in [0.4, 0.5) is 5.69 Å². The van der Waals surface area contributed by atoms with Gasteiger partial charge in [0.15, 0.2) is 5.65 Å². The molecule has 7 nitrogen and oxygen atoms in total. The average molecular weight is 460 g/mol. The van der Waals surface area contributed by atoms with Gasteiger partial charge in [-0.25, -0.2) is 4.98 Å². The van der Waals surface area contributed by atoms with Crippen LogP contribution in [0.5, 0.6) is 0 Å². The van der Waals surface area contributed by atoms with E-state index < -0.39 is 0 Å². The molecule has 0 radical (unpaired) electrons. The van der Waals surface area contributed by atoms with Crippen LogP contribution in [0.15, 0.2) is 47.8 Å². The van der Waals surface area contributed by atoms with Gasteiger partial charge in [-0.3, -0.25) is 14.3 Å². The third-order valence-electron chi connectivity index (χ3n) is 6.08. The van der Waals surface area contributed by atoms with Crippen molar-refractivity contribution in [2.45, 2.75) is 38.6 Å². The van der Waals surface area contributed by atoms with Gasteiger partial charge in [0.2, 0.25) is 0 Å². The molecule has 1 aromatic carbocycles. The number of amides is 2. The average Bonchev–Trinajstić information content (AvgIpc) is 3.57. The van der Waals surface area contributed by atoms with Crippen molar-refractivity contribution < 1.29 is 9.59 Å². The molecule has 1 aliphatic carbocycles. The van der Waals surface area contributed by atoms with Crippen molar-refractivity contribution in [1.82, 2.24) is 20.1 Å². The standard InChI is InChI=1S/C25H25N5O2S/c1-15-22-19(14-20(21-8-5-13-33-21)28-23(22)30(2)29-15)25(32)27-18-11-9-16(10-12-18)24(31)26-17-6-3-4-7-17/h5,8-14,17H,3-4,6-7H2,1-2H3,(H,26,31)(H,27,32). The van der Waals surface area contributed by atoms with Crippen molar-refractivity contribution in [3.63, 3.8) is 0 Å². The lowest BCUT2D eigenvalue weighted by Crippen LogP contribution is -2.32. The Labute approximate surface area is 195 Å². The van der Waals surface area contributed by atoms with Crippen LogP contribution < -0.4 is 10.6 Å². The Morgan fingerprint density at radius 3 is 2.55 bits per heavy atom. The largest absolute Gasteiger partial charge is 0.349 e. The van der Waals surface area contributed by atoms with Gasteiger partial charge in [-0.15, -0.1) is 11.3 Å². The highest BCUT2D eigenvalue weighted by molar-refractivity contribution is 7.13. The minimum Gasteiger partial charge on any atom is -0.349 e. The number of nitrogens with zero attached hydrogens (tertiary/aromatic N) is 3. The number of nitrogens with one attached hydrogen (secondary N) is 2. The minimum absolute atomic E-state index is 0.0674. The highest BCUT2D eigenvalue weighted by Crippen LogP contribution is 2.30. The number of carbonyl (C=O) groups is 2. The number of pyridine rings is 1. The quantitative estimate of drug-likeness (QED) is 0.443. The predicted octanol–water partition coefficient (Wildman–Crippen LogP) is 4.93. The first-order valence-electron chi connectivity index (χ1n) is 11.1. The Morgan fingerprint density at radius 2 is 1.85 bits per heavy atom. The smallest absolute Gasteiger partial charge is 0.256 e. The number of hydrogen-bond acceptors (Lipinski definition) is 5. The van der Waals surface area contributed by atoms with E-state index in [1.807, 2.05) is 37.6 Å². The monoisotopic (exact) mass is 459 g/mol. The van der Waals surface area contributed by atoms with Gasteiger partial charge in [-0.05, 0) is 61.5 Å². The van der Waals surface area contributed by atoms with Gasteiger partial charge in [0, 0.05) is 24.3 Å². The molecule has 1 fully saturated rings. The molecule has 2 amide bonds. The summed E-state index contributed by atoms with van der Waals surface area (Å²) in [7, 11) is 1.83. The van der Waals surface area contributed by atoms with Crippen molar-refractivity contribution in [1.29, 1.82) is 0 Å². The van der Waals surface area contributed by atoms with Crippen LogP contribution in [0.25, 0.3) is 21.6 Å². The molecular weight excluding hydrogens is 434 g/mol. The Kier molecular flexibility index (Phi) is 5.68. The van der Waals surface area contributed by atoms with E-state index in [-0.39, 0.29) is 17.9 Å². The number of rotatable bonds is 5. The summed E-state index contributed by atoms with van der Waals surface area (Å²) in [6, 6.07) is 13.0. The molecular formula is C25H25N5O2S. The molecule has 3 aromatic heterocycles. The summed E-state index contributed by atoms with van der Waals surface area (Å²) in [4.78, 5) is 31.5. The fourth-order valence-corrected chi connectivity index (χ4v) is 5.10. The molecule has 5 rings (SSSR count). The maximum Gasteiger partial charge on any atom is 0.256 e. The summed E-state index contributed by atoms with van der Waals surface area (Å²) in [6.07, 6.45) is 4.43. The Bertz CT molecular complexity index is 1320. The van der Waals surface area contributed by atoms with Gasteiger partial charge in [-0.2, -0.15) is 5.10 Å². The van der Waals surface area contributed by atoms with Crippen molar-refractivity contribution >= 4 is 39.9 Å². The molecule has 1 saturated carbocycles. The zero-order valence-electron chi connectivity index (χ0n) is 18.6. The second-order valence-electron chi connectivity index (χ2n) is 8.43. The fraction of sp³-hybridized carbons (Fsp3) is 0.280. The van der Waals surface area contributed by atoms with Gasteiger partial charge < -0.3 is 10.6 Å². The first-order valence-corrected chi connectivity index (χ1v) is 12.0. The van der Waals surface area contributed by atoms with Crippen LogP contribution >= 0.6 is 11.3 Å². The lowest BCUT2D eigenvalue weighted by molar-refractivity contribution is 0.0937. The summed E-state index contributed by atoms with van der Waals surface area (Å²) in [5, 5.41) is 13.2. The number of carbonyl (C=O) groups excluding carboxylic acids is 2. The lowest BCUT2D eigenvalue weighted by Gasteiger charge is -2.12. The van der Waals surface area contributed by atoms with Crippen LogP contribution in [0.1, 0.15) is 52.1 Å². The number of hydrogen-bond donors (Lipinski definition) is 2. The maximum absolute atomic E-state index is 13.3. The van der Waals surface area contributed by atoms with E-state index in [4.69, 9.17) is 4.98 Å². The molecule has 0 atom stereocenters. The van der Waals surface area contributed by atoms with E-state index in [0.717, 1.165) is 34.5 Å². The zero-order chi connectivity index (χ0) is 22.9. The Morgan fingerprint density at radius 1 is 1.09 bits per heavy atom. The van der Waals surface area contributed by atoms with Crippen molar-refractivity contribution in [3.05, 3.63) is 64.7 Å². The molecule has 2 N–H and O–H groups in total. The third-order valence-corrected chi connectivity index (χ3v) is 6.97. The summed E-state index contributed by atoms with van der Waals surface area (Å²) in [6.45, 7) is 1.88. The van der Waals surface area contributed by atoms with Crippen LogP contribution in [-0.4, -0.2) is 32.6 Å². The molecule has 0 spiro atoms. The van der Waals surface area contributed by atoms with Gasteiger partial charge in [-0.1, -0.05) is 18.9 Å². The number of thiophene rings is 1. The van der Waals surface area contributed by atoms with E-state index in [0.29, 0.717) is 22.5 Å².